The maximum atomic E-state index is 12.9. The highest BCUT2D eigenvalue weighted by Gasteiger charge is 2.06. The Morgan fingerprint density at radius 3 is 2.67 bits per heavy atom. The zero-order chi connectivity index (χ0) is 10.8. The Morgan fingerprint density at radius 2 is 2.07 bits per heavy atom. The Balaban J connectivity index is 2.49. The van der Waals surface area contributed by atoms with E-state index in [1.165, 1.54) is 23.5 Å². The Bertz CT molecular complexity index is 507. The van der Waals surface area contributed by atoms with Crippen molar-refractivity contribution < 1.29 is 9.18 Å². The number of benzene rings is 1. The molecule has 0 unspecified atom stereocenters. The van der Waals surface area contributed by atoms with Crippen LogP contribution < -0.4 is 0 Å². The number of thiophene rings is 1. The summed E-state index contributed by atoms with van der Waals surface area (Å²) in [6.07, 6.45) is 0.824. The highest BCUT2D eigenvalue weighted by molar-refractivity contribution is 14.1. The lowest BCUT2D eigenvalue weighted by molar-refractivity contribution is 0.112. The molecule has 1 aromatic heterocycles. The van der Waals surface area contributed by atoms with Crippen molar-refractivity contribution in [2.24, 2.45) is 0 Å². The van der Waals surface area contributed by atoms with Gasteiger partial charge in [0, 0.05) is 14.0 Å². The summed E-state index contributed by atoms with van der Waals surface area (Å²) in [5, 5.41) is 0. The van der Waals surface area contributed by atoms with Gasteiger partial charge < -0.3 is 0 Å². The molecule has 0 amide bonds. The fraction of sp³-hybridized carbons (Fsp3) is 0. The molecule has 0 aliphatic carbocycles. The molecule has 1 aromatic carbocycles. The Hall–Kier alpha value is -0.750. The number of aldehydes is 1. The molecule has 0 bridgehead atoms. The SMILES string of the molecule is O=Cc1ccc(-c2ccc(F)cc2I)s1. The highest BCUT2D eigenvalue weighted by atomic mass is 127. The minimum Gasteiger partial charge on any atom is -0.297 e. The average molecular weight is 332 g/mol. The zero-order valence-electron chi connectivity index (χ0n) is 7.54. The molecule has 0 fully saturated rings. The average Bonchev–Trinajstić information content (AvgIpc) is 2.66. The maximum Gasteiger partial charge on any atom is 0.160 e. The third kappa shape index (κ3) is 2.26. The number of halogens is 2. The fourth-order valence-corrected chi connectivity index (χ4v) is 3.06. The normalized spacial score (nSPS) is 10.3. The molecule has 0 N–H and O–H groups in total. The molecule has 0 radical (unpaired) electrons. The first kappa shape index (κ1) is 10.8. The summed E-state index contributed by atoms with van der Waals surface area (Å²) in [4.78, 5) is 12.2. The van der Waals surface area contributed by atoms with E-state index in [0.717, 1.165) is 20.3 Å². The second-order valence-corrected chi connectivity index (χ2v) is 5.22. The summed E-state index contributed by atoms with van der Waals surface area (Å²) in [6.45, 7) is 0. The third-order valence-electron chi connectivity index (χ3n) is 1.94. The van der Waals surface area contributed by atoms with Gasteiger partial charge in [0.15, 0.2) is 6.29 Å². The van der Waals surface area contributed by atoms with Gasteiger partial charge in [-0.25, -0.2) is 4.39 Å². The standard InChI is InChI=1S/C11H6FIOS/c12-7-1-3-9(10(13)5-7)11-4-2-8(6-14)15-11/h1-6H. The molecule has 0 aliphatic heterocycles. The van der Waals surface area contributed by atoms with Gasteiger partial charge in [0.25, 0.3) is 0 Å². The molecule has 2 rings (SSSR count). The molecule has 4 heteroatoms. The summed E-state index contributed by atoms with van der Waals surface area (Å²) in [5.74, 6) is -0.240. The molecule has 1 nitrogen and oxygen atoms in total. The lowest BCUT2D eigenvalue weighted by atomic mass is 10.2. The predicted octanol–water partition coefficient (Wildman–Crippen LogP) is 3.97. The van der Waals surface area contributed by atoms with Gasteiger partial charge >= 0.3 is 0 Å². The Kier molecular flexibility index (Phi) is 3.16. The lowest BCUT2D eigenvalue weighted by Crippen LogP contribution is -1.81. The monoisotopic (exact) mass is 332 g/mol. The molecular weight excluding hydrogens is 326 g/mol. The van der Waals surface area contributed by atoms with E-state index < -0.39 is 0 Å². The predicted molar refractivity (Wildman–Crippen MR) is 67.8 cm³/mol. The van der Waals surface area contributed by atoms with E-state index in [-0.39, 0.29) is 5.82 Å². The smallest absolute Gasteiger partial charge is 0.160 e. The van der Waals surface area contributed by atoms with Gasteiger partial charge in [-0.3, -0.25) is 4.79 Å². The minimum atomic E-state index is -0.240. The van der Waals surface area contributed by atoms with Crippen molar-refractivity contribution in [2.45, 2.75) is 0 Å². The van der Waals surface area contributed by atoms with Gasteiger partial charge in [-0.1, -0.05) is 0 Å². The van der Waals surface area contributed by atoms with Crippen molar-refractivity contribution in [3.8, 4) is 10.4 Å². The van der Waals surface area contributed by atoms with Gasteiger partial charge in [0.2, 0.25) is 0 Å². The molecule has 0 aliphatic rings. The van der Waals surface area contributed by atoms with E-state index in [2.05, 4.69) is 22.6 Å². The summed E-state index contributed by atoms with van der Waals surface area (Å²) in [5.41, 5.74) is 0.968. The van der Waals surface area contributed by atoms with Crippen LogP contribution in [0.3, 0.4) is 0 Å². The minimum absolute atomic E-state index is 0.240. The third-order valence-corrected chi connectivity index (χ3v) is 3.88. The van der Waals surface area contributed by atoms with Gasteiger partial charge in [0.05, 0.1) is 4.88 Å². The molecule has 76 valence electrons. The quantitative estimate of drug-likeness (QED) is 0.601. The van der Waals surface area contributed by atoms with Crippen LogP contribution >= 0.6 is 33.9 Å². The van der Waals surface area contributed by atoms with Crippen LogP contribution in [0.1, 0.15) is 9.67 Å². The number of hydrogen-bond donors (Lipinski definition) is 0. The van der Waals surface area contributed by atoms with Crippen LogP contribution in [0.25, 0.3) is 10.4 Å². The second-order valence-electron chi connectivity index (χ2n) is 2.94. The lowest BCUT2D eigenvalue weighted by Gasteiger charge is -2.00. The first-order chi connectivity index (χ1) is 7.20. The van der Waals surface area contributed by atoms with E-state index in [4.69, 9.17) is 0 Å². The van der Waals surface area contributed by atoms with Crippen molar-refractivity contribution in [1.29, 1.82) is 0 Å². The molecule has 0 saturated heterocycles. The van der Waals surface area contributed by atoms with Crippen LogP contribution in [0.2, 0.25) is 0 Å². The van der Waals surface area contributed by atoms with Gasteiger partial charge in [-0.05, 0) is 52.9 Å². The summed E-state index contributed by atoms with van der Waals surface area (Å²) in [6, 6.07) is 8.29. The van der Waals surface area contributed by atoms with E-state index in [0.29, 0.717) is 4.88 Å². The van der Waals surface area contributed by atoms with Crippen LogP contribution in [0.5, 0.6) is 0 Å². The van der Waals surface area contributed by atoms with Crippen LogP contribution in [-0.2, 0) is 0 Å². The van der Waals surface area contributed by atoms with Crippen LogP contribution in [-0.4, -0.2) is 6.29 Å². The first-order valence-electron chi connectivity index (χ1n) is 4.21. The number of carbonyl (C=O) groups excluding carboxylic acids is 1. The Labute approximate surface area is 104 Å². The maximum absolute atomic E-state index is 12.9. The molecule has 0 saturated carbocycles. The van der Waals surface area contributed by atoms with Gasteiger partial charge in [0.1, 0.15) is 5.82 Å². The second kappa shape index (κ2) is 4.40. The Morgan fingerprint density at radius 1 is 1.27 bits per heavy atom. The van der Waals surface area contributed by atoms with Crippen molar-refractivity contribution in [3.63, 3.8) is 0 Å². The van der Waals surface area contributed by atoms with Crippen LogP contribution in [0.15, 0.2) is 30.3 Å². The highest BCUT2D eigenvalue weighted by Crippen LogP contribution is 2.31. The first-order valence-corrected chi connectivity index (χ1v) is 6.10. The molecule has 0 atom stereocenters. The van der Waals surface area contributed by atoms with Crippen LogP contribution in [0.4, 0.5) is 4.39 Å². The molecule has 1 heterocycles. The topological polar surface area (TPSA) is 17.1 Å². The van der Waals surface area contributed by atoms with Crippen molar-refractivity contribution in [3.05, 3.63) is 44.6 Å². The van der Waals surface area contributed by atoms with E-state index >= 15 is 0 Å². The molecular formula is C11H6FIOS. The largest absolute Gasteiger partial charge is 0.297 e. The molecule has 0 spiro atoms. The van der Waals surface area contributed by atoms with E-state index in [9.17, 15) is 9.18 Å². The fourth-order valence-electron chi connectivity index (χ4n) is 1.25. The summed E-state index contributed by atoms with van der Waals surface area (Å²) >= 11 is 3.50. The van der Waals surface area contributed by atoms with Gasteiger partial charge in [-0.2, -0.15) is 0 Å². The van der Waals surface area contributed by atoms with Crippen molar-refractivity contribution in [1.82, 2.24) is 0 Å². The number of carbonyl (C=O) groups is 1. The van der Waals surface area contributed by atoms with Crippen molar-refractivity contribution >= 4 is 40.2 Å². The number of rotatable bonds is 2. The van der Waals surface area contributed by atoms with Crippen LogP contribution in [0, 0.1) is 9.39 Å². The number of hydrogen-bond acceptors (Lipinski definition) is 2. The molecule has 2 aromatic rings. The summed E-state index contributed by atoms with van der Waals surface area (Å²) < 4.78 is 13.7. The van der Waals surface area contributed by atoms with E-state index in [1.54, 1.807) is 12.1 Å². The summed E-state index contributed by atoms with van der Waals surface area (Å²) in [7, 11) is 0. The zero-order valence-corrected chi connectivity index (χ0v) is 10.5. The van der Waals surface area contributed by atoms with Gasteiger partial charge in [-0.15, -0.1) is 11.3 Å². The van der Waals surface area contributed by atoms with Crippen molar-refractivity contribution in [2.75, 3.05) is 0 Å². The van der Waals surface area contributed by atoms with E-state index in [1.807, 2.05) is 6.07 Å². The molecule has 15 heavy (non-hydrogen) atoms.